The molecule has 0 bridgehead atoms. The smallest absolute Gasteiger partial charge is 0.387 e. The van der Waals surface area contributed by atoms with E-state index in [1.807, 2.05) is 0 Å². The number of alkyl halides is 2. The second kappa shape index (κ2) is 7.35. The number of ether oxygens (including phenoxy) is 2. The molecule has 0 amide bonds. The zero-order valence-electron chi connectivity index (χ0n) is 10.7. The lowest BCUT2D eigenvalue weighted by Crippen LogP contribution is -2.05. The second-order valence-corrected chi connectivity index (χ2v) is 3.61. The van der Waals surface area contributed by atoms with Gasteiger partial charge in [0.05, 0.1) is 6.61 Å². The molecule has 19 heavy (non-hydrogen) atoms. The van der Waals surface area contributed by atoms with Crippen molar-refractivity contribution >= 4 is 11.7 Å². The summed E-state index contributed by atoms with van der Waals surface area (Å²) in [5.41, 5.74) is 1.07. The Balaban J connectivity index is 2.68. The summed E-state index contributed by atoms with van der Waals surface area (Å²) in [7, 11) is 0. The van der Waals surface area contributed by atoms with Crippen LogP contribution < -0.4 is 10.1 Å². The van der Waals surface area contributed by atoms with Crippen LogP contribution in [0.2, 0.25) is 0 Å². The third-order valence-corrected chi connectivity index (χ3v) is 2.02. The van der Waals surface area contributed by atoms with Crippen LogP contribution >= 0.6 is 0 Å². The van der Waals surface area contributed by atoms with E-state index in [1.54, 1.807) is 26.0 Å². The van der Waals surface area contributed by atoms with Crippen LogP contribution in [0.3, 0.4) is 0 Å². The van der Waals surface area contributed by atoms with Gasteiger partial charge >= 0.3 is 12.6 Å². The number of carbonyl (C=O) groups excluding carboxylic acids is 1. The van der Waals surface area contributed by atoms with Gasteiger partial charge < -0.3 is 14.8 Å². The Kier molecular flexibility index (Phi) is 5.78. The number of hydrogen-bond donors (Lipinski definition) is 1. The van der Waals surface area contributed by atoms with Gasteiger partial charge in [-0.15, -0.1) is 0 Å². The number of halogens is 2. The molecule has 0 radical (unpaired) electrons. The number of benzene rings is 1. The van der Waals surface area contributed by atoms with Gasteiger partial charge in [-0.25, -0.2) is 4.79 Å². The normalized spacial score (nSPS) is 11.3. The van der Waals surface area contributed by atoms with Crippen LogP contribution in [0.15, 0.2) is 36.0 Å². The highest BCUT2D eigenvalue weighted by molar-refractivity contribution is 5.83. The molecule has 0 saturated carbocycles. The molecular formula is C13H15F2NO3. The van der Waals surface area contributed by atoms with Crippen molar-refractivity contribution in [2.24, 2.45) is 0 Å². The molecule has 1 aromatic rings. The van der Waals surface area contributed by atoms with Crippen molar-refractivity contribution in [1.29, 1.82) is 0 Å². The molecule has 4 nitrogen and oxygen atoms in total. The summed E-state index contributed by atoms with van der Waals surface area (Å²) in [6.45, 7) is 0.795. The van der Waals surface area contributed by atoms with E-state index >= 15 is 0 Å². The maximum Gasteiger partial charge on any atom is 0.387 e. The van der Waals surface area contributed by atoms with E-state index in [4.69, 9.17) is 4.74 Å². The summed E-state index contributed by atoms with van der Waals surface area (Å²) >= 11 is 0. The van der Waals surface area contributed by atoms with Gasteiger partial charge in [0.2, 0.25) is 0 Å². The van der Waals surface area contributed by atoms with Gasteiger partial charge in [0.1, 0.15) is 5.75 Å². The first-order chi connectivity index (χ1) is 9.01. The van der Waals surface area contributed by atoms with Crippen molar-refractivity contribution < 1.29 is 23.0 Å². The van der Waals surface area contributed by atoms with Crippen LogP contribution in [0.25, 0.3) is 0 Å². The molecule has 0 aromatic heterocycles. The van der Waals surface area contributed by atoms with E-state index in [1.165, 1.54) is 18.2 Å². The van der Waals surface area contributed by atoms with Crippen molar-refractivity contribution in [3.05, 3.63) is 36.0 Å². The maximum atomic E-state index is 12.1. The van der Waals surface area contributed by atoms with Gasteiger partial charge in [0.25, 0.3) is 0 Å². The molecule has 6 heteroatoms. The Morgan fingerprint density at radius 3 is 2.84 bits per heavy atom. The Morgan fingerprint density at radius 2 is 2.21 bits per heavy atom. The number of allylic oxidation sites excluding steroid dienone is 1. The van der Waals surface area contributed by atoms with E-state index in [9.17, 15) is 13.6 Å². The van der Waals surface area contributed by atoms with Gasteiger partial charge in [0, 0.05) is 23.5 Å². The largest absolute Gasteiger partial charge is 0.463 e. The fourth-order valence-electron chi connectivity index (χ4n) is 1.37. The highest BCUT2D eigenvalue weighted by Gasteiger charge is 2.05. The van der Waals surface area contributed by atoms with Crippen LogP contribution in [0.5, 0.6) is 5.75 Å². The molecule has 0 atom stereocenters. The average molecular weight is 271 g/mol. The lowest BCUT2D eigenvalue weighted by atomic mass is 10.3. The maximum absolute atomic E-state index is 12.1. The average Bonchev–Trinajstić information content (AvgIpc) is 2.28. The monoisotopic (exact) mass is 271 g/mol. The van der Waals surface area contributed by atoms with Crippen LogP contribution in [-0.4, -0.2) is 19.2 Å². The quantitative estimate of drug-likeness (QED) is 0.637. The van der Waals surface area contributed by atoms with Gasteiger partial charge in [-0.2, -0.15) is 8.78 Å². The van der Waals surface area contributed by atoms with Crippen molar-refractivity contribution in [2.45, 2.75) is 20.5 Å². The molecule has 0 fully saturated rings. The minimum absolute atomic E-state index is 0.0453. The molecule has 0 heterocycles. The van der Waals surface area contributed by atoms with Crippen molar-refractivity contribution in [2.75, 3.05) is 11.9 Å². The molecule has 1 N–H and O–H groups in total. The highest BCUT2D eigenvalue weighted by Crippen LogP contribution is 2.20. The van der Waals surface area contributed by atoms with E-state index in [2.05, 4.69) is 10.1 Å². The molecule has 0 spiro atoms. The predicted molar refractivity (Wildman–Crippen MR) is 67.1 cm³/mol. The van der Waals surface area contributed by atoms with E-state index < -0.39 is 12.6 Å². The van der Waals surface area contributed by atoms with Crippen LogP contribution in [0.1, 0.15) is 13.8 Å². The molecule has 0 aliphatic carbocycles. The summed E-state index contributed by atoms with van der Waals surface area (Å²) in [6, 6.07) is 6.06. The number of esters is 1. The Labute approximate surface area is 110 Å². The van der Waals surface area contributed by atoms with E-state index in [0.717, 1.165) is 0 Å². The number of carbonyl (C=O) groups is 1. The lowest BCUT2D eigenvalue weighted by molar-refractivity contribution is -0.137. The first kappa shape index (κ1) is 14.9. The summed E-state index contributed by atoms with van der Waals surface area (Å²) in [4.78, 5) is 11.2. The number of rotatable bonds is 6. The topological polar surface area (TPSA) is 47.6 Å². The van der Waals surface area contributed by atoms with Gasteiger partial charge in [0.15, 0.2) is 0 Å². The Bertz CT molecular complexity index is 461. The SMILES string of the molecule is CCOC(=O)C=C(C)Nc1cccc(OC(F)F)c1. The van der Waals surface area contributed by atoms with E-state index in [0.29, 0.717) is 18.0 Å². The molecule has 0 unspecified atom stereocenters. The summed E-state index contributed by atoms with van der Waals surface area (Å²) < 4.78 is 33.1. The molecule has 0 aliphatic rings. The summed E-state index contributed by atoms with van der Waals surface area (Å²) in [5, 5.41) is 2.88. The number of hydrogen-bond acceptors (Lipinski definition) is 4. The minimum Gasteiger partial charge on any atom is -0.463 e. The molecule has 104 valence electrons. The number of nitrogens with one attached hydrogen (secondary N) is 1. The van der Waals surface area contributed by atoms with Crippen LogP contribution in [0, 0.1) is 0 Å². The van der Waals surface area contributed by atoms with Crippen molar-refractivity contribution in [3.63, 3.8) is 0 Å². The van der Waals surface area contributed by atoms with Gasteiger partial charge in [-0.05, 0) is 26.0 Å². The van der Waals surface area contributed by atoms with Gasteiger partial charge in [-0.1, -0.05) is 6.07 Å². The zero-order chi connectivity index (χ0) is 14.3. The molecule has 0 saturated heterocycles. The number of anilines is 1. The first-order valence-corrected chi connectivity index (χ1v) is 5.68. The Morgan fingerprint density at radius 1 is 1.47 bits per heavy atom. The Hall–Kier alpha value is -2.11. The fraction of sp³-hybridized carbons (Fsp3) is 0.308. The molecule has 1 aromatic carbocycles. The van der Waals surface area contributed by atoms with Crippen LogP contribution in [-0.2, 0) is 9.53 Å². The highest BCUT2D eigenvalue weighted by atomic mass is 19.3. The summed E-state index contributed by atoms with van der Waals surface area (Å²) in [6.07, 6.45) is 1.28. The molecular weight excluding hydrogens is 256 g/mol. The van der Waals surface area contributed by atoms with Crippen molar-refractivity contribution in [3.8, 4) is 5.75 Å². The molecule has 0 aliphatic heterocycles. The fourth-order valence-corrected chi connectivity index (χ4v) is 1.37. The third kappa shape index (κ3) is 5.85. The second-order valence-electron chi connectivity index (χ2n) is 3.61. The van der Waals surface area contributed by atoms with Crippen molar-refractivity contribution in [1.82, 2.24) is 0 Å². The van der Waals surface area contributed by atoms with Crippen LogP contribution in [0.4, 0.5) is 14.5 Å². The standard InChI is InChI=1S/C13H15F2NO3/c1-3-18-12(17)7-9(2)16-10-5-4-6-11(8-10)19-13(14)15/h4-8,13,16H,3H2,1-2H3. The summed E-state index contributed by atoms with van der Waals surface area (Å²) in [5.74, 6) is -0.420. The molecule has 1 rings (SSSR count). The predicted octanol–water partition coefficient (Wildman–Crippen LogP) is 3.17. The van der Waals surface area contributed by atoms with Gasteiger partial charge in [-0.3, -0.25) is 0 Å². The zero-order valence-corrected chi connectivity index (χ0v) is 10.7. The third-order valence-electron chi connectivity index (χ3n) is 2.02. The van der Waals surface area contributed by atoms with E-state index in [-0.39, 0.29) is 5.75 Å². The first-order valence-electron chi connectivity index (χ1n) is 5.68. The minimum atomic E-state index is -2.87. The lowest BCUT2D eigenvalue weighted by Gasteiger charge is -2.09.